The summed E-state index contributed by atoms with van der Waals surface area (Å²) < 4.78 is 0. The van der Waals surface area contributed by atoms with E-state index >= 15 is 0 Å². The van der Waals surface area contributed by atoms with Gasteiger partial charge < -0.3 is 20.0 Å². The fourth-order valence-electron chi connectivity index (χ4n) is 7.62. The monoisotopic (exact) mass is 692 g/mol. The molecule has 1 atom stereocenters. The number of fused-ring (bicyclic) bond motifs is 2. The van der Waals surface area contributed by atoms with E-state index in [0.29, 0.717) is 24.2 Å². The Labute approximate surface area is 295 Å². The SMILES string of the molecule is CC1(C)C(=CC2=C(O)C(C=C3N(Cc4cc([N+](=O)[O-])cc([N+](=O)[O-])c4)c4ccccc4C3(C)C)C2=O)N(CCCCCC(=O)O)c2ccccc21. The maximum Gasteiger partial charge on any atom is 0.303 e. The van der Waals surface area contributed by atoms with Crippen LogP contribution in [0.2, 0.25) is 0 Å². The van der Waals surface area contributed by atoms with Crippen LogP contribution in [-0.2, 0) is 27.0 Å². The number of non-ortho nitro benzene ring substituents is 2. The van der Waals surface area contributed by atoms with Crippen molar-refractivity contribution in [1.82, 2.24) is 0 Å². The Morgan fingerprint density at radius 3 is 1.92 bits per heavy atom. The van der Waals surface area contributed by atoms with Crippen molar-refractivity contribution in [2.75, 3.05) is 16.3 Å². The molecule has 0 bridgehead atoms. The minimum atomic E-state index is -0.932. The number of allylic oxidation sites excluding steroid dienone is 5. The molecule has 2 N–H and O–H groups in total. The van der Waals surface area contributed by atoms with Crippen LogP contribution in [-0.4, -0.2) is 38.4 Å². The number of carboxylic acid groups (broad SMARTS) is 1. The van der Waals surface area contributed by atoms with E-state index in [2.05, 4.69) is 24.8 Å². The average Bonchev–Trinajstić information content (AvgIpc) is 3.43. The number of benzene rings is 3. The summed E-state index contributed by atoms with van der Waals surface area (Å²) in [6.45, 7) is 8.83. The number of rotatable bonds is 12. The lowest BCUT2D eigenvalue weighted by Crippen LogP contribution is -2.34. The number of nitro benzene ring substituents is 2. The van der Waals surface area contributed by atoms with Gasteiger partial charge in [0, 0.05) is 65.2 Å². The van der Waals surface area contributed by atoms with Gasteiger partial charge >= 0.3 is 5.97 Å². The second-order valence-electron chi connectivity index (χ2n) is 14.3. The largest absolute Gasteiger partial charge is 0.510 e. The first kappa shape index (κ1) is 35.1. The molecule has 12 nitrogen and oxygen atoms in total. The Bertz CT molecular complexity index is 2030. The quantitative estimate of drug-likeness (QED) is 0.108. The van der Waals surface area contributed by atoms with Crippen LogP contribution in [0.1, 0.15) is 70.1 Å². The molecular formula is C39H40N4O8. The zero-order chi connectivity index (χ0) is 36.8. The lowest BCUT2D eigenvalue weighted by atomic mass is 9.76. The van der Waals surface area contributed by atoms with Crippen molar-refractivity contribution in [3.63, 3.8) is 0 Å². The van der Waals surface area contributed by atoms with E-state index in [1.807, 2.05) is 61.2 Å². The Hall–Kier alpha value is -5.78. The highest BCUT2D eigenvalue weighted by atomic mass is 16.6. The minimum Gasteiger partial charge on any atom is -0.510 e. The number of ketones is 1. The second kappa shape index (κ2) is 13.2. The smallest absolute Gasteiger partial charge is 0.303 e. The molecule has 0 fully saturated rings. The first-order valence-corrected chi connectivity index (χ1v) is 16.9. The summed E-state index contributed by atoms with van der Waals surface area (Å²) in [6, 6.07) is 19.2. The van der Waals surface area contributed by atoms with E-state index in [1.165, 1.54) is 12.1 Å². The molecule has 0 amide bonds. The van der Waals surface area contributed by atoms with Gasteiger partial charge in [0.25, 0.3) is 11.4 Å². The highest BCUT2D eigenvalue weighted by Crippen LogP contribution is 2.51. The van der Waals surface area contributed by atoms with Crippen LogP contribution in [0.3, 0.4) is 0 Å². The molecule has 3 aliphatic rings. The number of aliphatic hydroxyl groups excluding tert-OH is 1. The van der Waals surface area contributed by atoms with Crippen LogP contribution in [0.5, 0.6) is 0 Å². The molecule has 6 rings (SSSR count). The summed E-state index contributed by atoms with van der Waals surface area (Å²) in [5.74, 6) is -2.07. The maximum absolute atomic E-state index is 13.9. The van der Waals surface area contributed by atoms with E-state index in [-0.39, 0.29) is 30.1 Å². The van der Waals surface area contributed by atoms with Crippen molar-refractivity contribution < 1.29 is 29.6 Å². The van der Waals surface area contributed by atoms with Crippen molar-refractivity contribution in [2.45, 2.75) is 70.8 Å². The third kappa shape index (κ3) is 6.26. The van der Waals surface area contributed by atoms with Crippen molar-refractivity contribution in [3.8, 4) is 0 Å². The number of Topliss-reactive ketones (excluding diaryl/α,β-unsaturated/α-hetero) is 1. The third-order valence-corrected chi connectivity index (χ3v) is 10.3. The molecule has 1 unspecified atom stereocenters. The molecule has 12 heteroatoms. The number of unbranched alkanes of at least 4 members (excludes halogenated alkanes) is 2. The van der Waals surface area contributed by atoms with Crippen LogP contribution < -0.4 is 9.80 Å². The summed E-state index contributed by atoms with van der Waals surface area (Å²) in [5, 5.41) is 43.8. The molecule has 0 spiro atoms. The van der Waals surface area contributed by atoms with Gasteiger partial charge in [-0.15, -0.1) is 0 Å². The summed E-state index contributed by atoms with van der Waals surface area (Å²) in [4.78, 5) is 51.0. The average molecular weight is 693 g/mol. The van der Waals surface area contributed by atoms with Gasteiger partial charge in [-0.1, -0.05) is 70.5 Å². The number of hydrogen-bond acceptors (Lipinski definition) is 9. The van der Waals surface area contributed by atoms with E-state index in [4.69, 9.17) is 5.11 Å². The Morgan fingerprint density at radius 2 is 1.37 bits per heavy atom. The predicted octanol–water partition coefficient (Wildman–Crippen LogP) is 8.02. The van der Waals surface area contributed by atoms with Gasteiger partial charge in [0.05, 0.1) is 21.5 Å². The van der Waals surface area contributed by atoms with Gasteiger partial charge in [0.15, 0.2) is 5.78 Å². The fourth-order valence-corrected chi connectivity index (χ4v) is 7.62. The van der Waals surface area contributed by atoms with E-state index in [1.54, 1.807) is 12.2 Å². The van der Waals surface area contributed by atoms with Crippen molar-refractivity contribution in [2.24, 2.45) is 5.92 Å². The van der Waals surface area contributed by atoms with Crippen LogP contribution in [0, 0.1) is 26.1 Å². The van der Waals surface area contributed by atoms with Gasteiger partial charge in [0.1, 0.15) is 11.7 Å². The molecule has 2 heterocycles. The summed E-state index contributed by atoms with van der Waals surface area (Å²) in [6.07, 6.45) is 5.69. The van der Waals surface area contributed by atoms with Gasteiger partial charge in [-0.3, -0.25) is 29.8 Å². The zero-order valence-electron chi connectivity index (χ0n) is 29.0. The fraction of sp³-hybridized carbons (Fsp3) is 0.333. The molecule has 2 aliphatic heterocycles. The number of anilines is 2. The number of carbonyl (C=O) groups is 2. The van der Waals surface area contributed by atoms with Gasteiger partial charge in [-0.05, 0) is 53.8 Å². The number of nitrogens with zero attached hydrogens (tertiary/aromatic N) is 4. The highest BCUT2D eigenvalue weighted by Gasteiger charge is 2.46. The first-order valence-electron chi connectivity index (χ1n) is 16.9. The van der Waals surface area contributed by atoms with E-state index in [0.717, 1.165) is 47.1 Å². The normalized spacial score (nSPS) is 20.1. The molecular weight excluding hydrogens is 652 g/mol. The molecule has 264 valence electrons. The van der Waals surface area contributed by atoms with Gasteiger partial charge in [0.2, 0.25) is 0 Å². The third-order valence-electron chi connectivity index (χ3n) is 10.3. The van der Waals surface area contributed by atoms with E-state index in [9.17, 15) is 34.9 Å². The number of aliphatic carboxylic acids is 1. The molecule has 3 aromatic rings. The van der Waals surface area contributed by atoms with Crippen LogP contribution >= 0.6 is 0 Å². The molecule has 0 saturated heterocycles. The van der Waals surface area contributed by atoms with Crippen LogP contribution in [0.4, 0.5) is 22.7 Å². The number of nitro groups is 2. The number of hydrogen-bond donors (Lipinski definition) is 2. The number of aliphatic hydroxyl groups is 1. The molecule has 0 saturated carbocycles. The van der Waals surface area contributed by atoms with Crippen molar-refractivity contribution >= 4 is 34.5 Å². The summed E-state index contributed by atoms with van der Waals surface area (Å²) in [5.41, 5.74) is 4.08. The standard InChI is InChI=1S/C39H40N4O8/c1-38(2)29-12-7-9-14-31(29)40(17-11-5-6-16-35(44)45)33(38)21-27-36(46)28(37(27)47)22-34-39(3,4)30-13-8-10-15-32(30)41(34)23-24-18-25(42(48)49)20-26(19-24)43(50)51/h7-10,12-15,18-22,28,46H,5-6,11,16-17,23H2,1-4H3,(H,44,45). The summed E-state index contributed by atoms with van der Waals surface area (Å²) in [7, 11) is 0. The molecule has 3 aromatic carbocycles. The predicted molar refractivity (Wildman–Crippen MR) is 193 cm³/mol. The van der Waals surface area contributed by atoms with Crippen molar-refractivity contribution in [1.29, 1.82) is 0 Å². The molecule has 1 aliphatic carbocycles. The minimum absolute atomic E-state index is 0.0605. The number of carboxylic acids is 1. The lowest BCUT2D eigenvalue weighted by molar-refractivity contribution is -0.394. The first-order chi connectivity index (χ1) is 24.1. The lowest BCUT2D eigenvalue weighted by Gasteiger charge is -2.33. The van der Waals surface area contributed by atoms with Gasteiger partial charge in [-0.25, -0.2) is 0 Å². The van der Waals surface area contributed by atoms with Crippen LogP contribution in [0.25, 0.3) is 0 Å². The van der Waals surface area contributed by atoms with Crippen molar-refractivity contribution in [3.05, 3.63) is 139 Å². The Morgan fingerprint density at radius 1 is 0.824 bits per heavy atom. The topological polar surface area (TPSA) is 167 Å². The number of para-hydroxylation sites is 2. The number of carbonyl (C=O) groups excluding carboxylic acids is 1. The Balaban J connectivity index is 1.36. The second-order valence-corrected chi connectivity index (χ2v) is 14.3. The molecule has 0 radical (unpaired) electrons. The highest BCUT2D eigenvalue weighted by molar-refractivity contribution is 6.10. The molecule has 51 heavy (non-hydrogen) atoms. The van der Waals surface area contributed by atoms with Gasteiger partial charge in [-0.2, -0.15) is 0 Å². The Kier molecular flexibility index (Phi) is 9.05. The van der Waals surface area contributed by atoms with E-state index < -0.39 is 43.9 Å². The van der Waals surface area contributed by atoms with Crippen LogP contribution in [0.15, 0.2) is 102 Å². The molecule has 0 aromatic heterocycles. The summed E-state index contributed by atoms with van der Waals surface area (Å²) >= 11 is 0. The zero-order valence-corrected chi connectivity index (χ0v) is 29.0. The maximum atomic E-state index is 13.9.